The number of hydrogen-bond acceptors (Lipinski definition) is 5. The first-order valence-electron chi connectivity index (χ1n) is 7.83. The predicted molar refractivity (Wildman–Crippen MR) is 95.2 cm³/mol. The molecule has 1 unspecified atom stereocenters. The van der Waals surface area contributed by atoms with Crippen LogP contribution in [0.3, 0.4) is 0 Å². The fraction of sp³-hybridized carbons (Fsp3) is 0.562. The first-order valence-corrected chi connectivity index (χ1v) is 9.31. The highest BCUT2D eigenvalue weighted by Gasteiger charge is 2.18. The van der Waals surface area contributed by atoms with Gasteiger partial charge in [0.1, 0.15) is 0 Å². The highest BCUT2D eigenvalue weighted by atomic mass is 35.5. The molecule has 1 atom stereocenters. The third-order valence-corrected chi connectivity index (χ3v) is 5.62. The Balaban J connectivity index is 0.00000288. The summed E-state index contributed by atoms with van der Waals surface area (Å²) in [7, 11) is -2.26. The molecule has 0 amide bonds. The summed E-state index contributed by atoms with van der Waals surface area (Å²) in [6.07, 6.45) is 3.11. The first kappa shape index (κ1) is 20.9. The topological polar surface area (TPSA) is 84.5 Å². The van der Waals surface area contributed by atoms with Crippen LogP contribution in [0, 0.1) is 12.8 Å². The van der Waals surface area contributed by atoms with Crippen LogP contribution in [0.4, 0.5) is 0 Å². The lowest BCUT2D eigenvalue weighted by Gasteiger charge is -2.22. The van der Waals surface area contributed by atoms with Gasteiger partial charge < -0.3 is 10.1 Å². The minimum Gasteiger partial charge on any atom is -0.465 e. The molecule has 1 saturated heterocycles. The molecule has 1 heterocycles. The maximum Gasteiger partial charge on any atom is 0.338 e. The van der Waals surface area contributed by atoms with E-state index in [1.807, 2.05) is 0 Å². The molecule has 0 saturated carbocycles. The molecule has 6 nitrogen and oxygen atoms in total. The number of carbonyl (C=O) groups excluding carboxylic acids is 1. The summed E-state index contributed by atoms with van der Waals surface area (Å²) in [5.74, 6) is 0.0547. The molecular formula is C16H25ClN2O4S. The quantitative estimate of drug-likeness (QED) is 0.740. The molecule has 0 aliphatic carbocycles. The van der Waals surface area contributed by atoms with Crippen LogP contribution in [0.5, 0.6) is 0 Å². The van der Waals surface area contributed by atoms with Crippen LogP contribution in [0.1, 0.15) is 35.2 Å². The molecule has 24 heavy (non-hydrogen) atoms. The van der Waals surface area contributed by atoms with E-state index >= 15 is 0 Å². The molecule has 1 aromatic rings. The maximum absolute atomic E-state index is 12.3. The van der Waals surface area contributed by atoms with Gasteiger partial charge in [-0.3, -0.25) is 0 Å². The second-order valence-corrected chi connectivity index (χ2v) is 7.63. The molecule has 1 aliphatic rings. The van der Waals surface area contributed by atoms with Crippen molar-refractivity contribution in [3.63, 3.8) is 0 Å². The number of halogens is 1. The van der Waals surface area contributed by atoms with Crippen molar-refractivity contribution in [3.8, 4) is 0 Å². The number of methoxy groups -OCH3 is 1. The molecule has 0 radical (unpaired) electrons. The number of sulfonamides is 1. The van der Waals surface area contributed by atoms with Crippen LogP contribution in [0.15, 0.2) is 23.1 Å². The number of carbonyl (C=O) groups is 1. The van der Waals surface area contributed by atoms with E-state index in [0.717, 1.165) is 32.4 Å². The van der Waals surface area contributed by atoms with Crippen LogP contribution in [-0.4, -0.2) is 41.1 Å². The van der Waals surface area contributed by atoms with Crippen molar-refractivity contribution in [2.75, 3.05) is 26.7 Å². The molecule has 0 spiro atoms. The Morgan fingerprint density at radius 1 is 1.42 bits per heavy atom. The van der Waals surface area contributed by atoms with E-state index in [0.29, 0.717) is 23.6 Å². The van der Waals surface area contributed by atoms with Crippen molar-refractivity contribution in [1.82, 2.24) is 10.0 Å². The zero-order chi connectivity index (χ0) is 16.9. The van der Waals surface area contributed by atoms with E-state index in [9.17, 15) is 13.2 Å². The van der Waals surface area contributed by atoms with Gasteiger partial charge in [-0.2, -0.15) is 0 Å². The first-order chi connectivity index (χ1) is 10.9. The zero-order valence-corrected chi connectivity index (χ0v) is 15.6. The average Bonchev–Trinajstić information content (AvgIpc) is 2.55. The van der Waals surface area contributed by atoms with E-state index in [1.54, 1.807) is 6.92 Å². The summed E-state index contributed by atoms with van der Waals surface area (Å²) in [4.78, 5) is 11.7. The van der Waals surface area contributed by atoms with Gasteiger partial charge in [0.15, 0.2) is 0 Å². The Hall–Kier alpha value is -1.15. The van der Waals surface area contributed by atoms with Crippen LogP contribution in [0.2, 0.25) is 0 Å². The van der Waals surface area contributed by atoms with E-state index in [2.05, 4.69) is 14.8 Å². The second kappa shape index (κ2) is 9.36. The van der Waals surface area contributed by atoms with Gasteiger partial charge in [-0.15, -0.1) is 12.4 Å². The SMILES string of the molecule is COC(=O)c1ccc(S(=O)(=O)NCCC2CCCNC2)cc1C.Cl. The number of nitrogens with one attached hydrogen (secondary N) is 2. The number of rotatable bonds is 6. The van der Waals surface area contributed by atoms with Crippen molar-refractivity contribution in [1.29, 1.82) is 0 Å². The van der Waals surface area contributed by atoms with Crippen molar-refractivity contribution in [3.05, 3.63) is 29.3 Å². The molecule has 1 fully saturated rings. The van der Waals surface area contributed by atoms with Gasteiger partial charge >= 0.3 is 5.97 Å². The summed E-state index contributed by atoms with van der Waals surface area (Å²) in [6, 6.07) is 4.42. The number of piperidine rings is 1. The Morgan fingerprint density at radius 2 is 2.17 bits per heavy atom. The molecule has 1 aromatic carbocycles. The average molecular weight is 377 g/mol. The minimum atomic E-state index is -3.56. The summed E-state index contributed by atoms with van der Waals surface area (Å²) < 4.78 is 32.0. The Bertz CT molecular complexity index is 658. The molecule has 0 aromatic heterocycles. The summed E-state index contributed by atoms with van der Waals surface area (Å²) in [5.41, 5.74) is 0.955. The van der Waals surface area contributed by atoms with Crippen LogP contribution < -0.4 is 10.0 Å². The highest BCUT2D eigenvalue weighted by Crippen LogP contribution is 2.17. The molecule has 2 rings (SSSR count). The van der Waals surface area contributed by atoms with Crippen molar-refractivity contribution in [2.45, 2.75) is 31.1 Å². The maximum atomic E-state index is 12.3. The van der Waals surface area contributed by atoms with E-state index < -0.39 is 16.0 Å². The number of aryl methyl sites for hydroxylation is 1. The minimum absolute atomic E-state index is 0. The lowest BCUT2D eigenvalue weighted by molar-refractivity contribution is 0.0600. The van der Waals surface area contributed by atoms with Crippen molar-refractivity contribution < 1.29 is 17.9 Å². The van der Waals surface area contributed by atoms with Gasteiger partial charge in [-0.1, -0.05) is 0 Å². The summed E-state index contributed by atoms with van der Waals surface area (Å²) >= 11 is 0. The van der Waals surface area contributed by atoms with Crippen molar-refractivity contribution in [2.24, 2.45) is 5.92 Å². The fourth-order valence-corrected chi connectivity index (χ4v) is 3.93. The van der Waals surface area contributed by atoms with Gasteiger partial charge in [0.2, 0.25) is 10.0 Å². The molecular weight excluding hydrogens is 352 g/mol. The standard InChI is InChI=1S/C16H24N2O4S.ClH/c1-12-10-14(5-6-15(12)16(19)22-2)23(20,21)18-9-7-13-4-3-8-17-11-13;/h5-6,10,13,17-18H,3-4,7-9,11H2,1-2H3;1H. The van der Waals surface area contributed by atoms with E-state index in [1.165, 1.54) is 25.3 Å². The third-order valence-electron chi connectivity index (χ3n) is 4.16. The number of benzene rings is 1. The van der Waals surface area contributed by atoms with Gasteiger partial charge in [0, 0.05) is 6.54 Å². The summed E-state index contributed by atoms with van der Waals surface area (Å²) in [6.45, 7) is 4.12. The predicted octanol–water partition coefficient (Wildman–Crippen LogP) is 1.87. The molecule has 2 N–H and O–H groups in total. The van der Waals surface area contributed by atoms with Gasteiger partial charge in [-0.25, -0.2) is 17.9 Å². The normalized spacial score (nSPS) is 17.8. The number of esters is 1. The number of hydrogen-bond donors (Lipinski definition) is 2. The van der Waals surface area contributed by atoms with E-state index in [4.69, 9.17) is 0 Å². The number of ether oxygens (including phenoxy) is 1. The lowest BCUT2D eigenvalue weighted by atomic mass is 9.96. The monoisotopic (exact) mass is 376 g/mol. The van der Waals surface area contributed by atoms with Crippen LogP contribution >= 0.6 is 12.4 Å². The Morgan fingerprint density at radius 3 is 2.75 bits per heavy atom. The summed E-state index contributed by atoms with van der Waals surface area (Å²) in [5, 5.41) is 3.32. The van der Waals surface area contributed by atoms with Gasteiger partial charge in [-0.05, 0) is 69.0 Å². The molecule has 1 aliphatic heterocycles. The second-order valence-electron chi connectivity index (χ2n) is 5.87. The smallest absolute Gasteiger partial charge is 0.338 e. The third kappa shape index (κ3) is 5.44. The highest BCUT2D eigenvalue weighted by molar-refractivity contribution is 7.89. The Kier molecular flexibility index (Phi) is 8.15. The van der Waals surface area contributed by atoms with Gasteiger partial charge in [0.25, 0.3) is 0 Å². The largest absolute Gasteiger partial charge is 0.465 e. The van der Waals surface area contributed by atoms with Crippen LogP contribution in [-0.2, 0) is 14.8 Å². The Labute approximate surface area is 149 Å². The molecule has 0 bridgehead atoms. The van der Waals surface area contributed by atoms with Crippen molar-refractivity contribution >= 4 is 28.4 Å². The lowest BCUT2D eigenvalue weighted by Crippen LogP contribution is -2.33. The van der Waals surface area contributed by atoms with E-state index in [-0.39, 0.29) is 17.3 Å². The van der Waals surface area contributed by atoms with Gasteiger partial charge in [0.05, 0.1) is 17.6 Å². The fourth-order valence-electron chi connectivity index (χ4n) is 2.79. The van der Waals surface area contributed by atoms with Crippen LogP contribution in [0.25, 0.3) is 0 Å². The zero-order valence-electron chi connectivity index (χ0n) is 14.0. The molecule has 8 heteroatoms. The molecule has 136 valence electrons.